The summed E-state index contributed by atoms with van der Waals surface area (Å²) in [5.74, 6) is 0.916. The van der Waals surface area contributed by atoms with E-state index in [1.807, 2.05) is 31.2 Å². The van der Waals surface area contributed by atoms with E-state index in [9.17, 15) is 4.79 Å². The van der Waals surface area contributed by atoms with Crippen LogP contribution >= 0.6 is 0 Å². The molecular weight excluding hydrogens is 242 g/mol. The van der Waals surface area contributed by atoms with Crippen LogP contribution < -0.4 is 10.1 Å². The van der Waals surface area contributed by atoms with Crippen molar-refractivity contribution in [2.24, 2.45) is 0 Å². The quantitative estimate of drug-likeness (QED) is 0.697. The summed E-state index contributed by atoms with van der Waals surface area (Å²) in [4.78, 5) is 11.0. The van der Waals surface area contributed by atoms with Crippen molar-refractivity contribution >= 4 is 11.5 Å². The number of Topliss-reactive ketones (excluding diaryl/α,β-unsaturated/α-hetero) is 1. The maximum absolute atomic E-state index is 11.0. The Kier molecular flexibility index (Phi) is 6.97. The lowest BCUT2D eigenvalue weighted by molar-refractivity contribution is -0.123. The average molecular weight is 265 g/mol. The van der Waals surface area contributed by atoms with Gasteiger partial charge in [0.1, 0.15) is 19.0 Å². The summed E-state index contributed by atoms with van der Waals surface area (Å²) in [5.41, 5.74) is 1.04. The van der Waals surface area contributed by atoms with Crippen LogP contribution in [0.15, 0.2) is 24.3 Å². The zero-order valence-corrected chi connectivity index (χ0v) is 11.9. The fourth-order valence-electron chi connectivity index (χ4n) is 1.52. The Bertz CT molecular complexity index is 391. The van der Waals surface area contributed by atoms with Crippen molar-refractivity contribution in [3.63, 3.8) is 0 Å². The van der Waals surface area contributed by atoms with Gasteiger partial charge in [-0.15, -0.1) is 0 Å². The Balaban J connectivity index is 2.27. The van der Waals surface area contributed by atoms with Gasteiger partial charge in [-0.2, -0.15) is 0 Å². The SMILES string of the molecule is CCC(=O)COCCOc1cccc(NC(C)C)c1. The third-order valence-electron chi connectivity index (χ3n) is 2.44. The van der Waals surface area contributed by atoms with Crippen molar-refractivity contribution in [1.82, 2.24) is 0 Å². The Morgan fingerprint density at radius 3 is 2.79 bits per heavy atom. The van der Waals surface area contributed by atoms with E-state index in [-0.39, 0.29) is 12.4 Å². The van der Waals surface area contributed by atoms with E-state index in [1.165, 1.54) is 0 Å². The highest BCUT2D eigenvalue weighted by Crippen LogP contribution is 2.17. The zero-order chi connectivity index (χ0) is 14.1. The van der Waals surface area contributed by atoms with Gasteiger partial charge < -0.3 is 14.8 Å². The first-order valence-corrected chi connectivity index (χ1v) is 6.70. The normalized spacial score (nSPS) is 10.5. The Labute approximate surface area is 115 Å². The van der Waals surface area contributed by atoms with Crippen LogP contribution in [0, 0.1) is 0 Å². The number of ketones is 1. The van der Waals surface area contributed by atoms with E-state index in [0.717, 1.165) is 11.4 Å². The molecule has 106 valence electrons. The third-order valence-corrected chi connectivity index (χ3v) is 2.44. The number of carbonyl (C=O) groups excluding carboxylic acids is 1. The van der Waals surface area contributed by atoms with Crippen molar-refractivity contribution in [3.8, 4) is 5.75 Å². The lowest BCUT2D eigenvalue weighted by atomic mass is 10.2. The second-order valence-electron chi connectivity index (χ2n) is 4.62. The molecule has 0 radical (unpaired) electrons. The van der Waals surface area contributed by atoms with Crippen LogP contribution in [0.1, 0.15) is 27.2 Å². The maximum atomic E-state index is 11.0. The molecule has 1 rings (SSSR count). The standard InChI is InChI=1S/C15H23NO3/c1-4-14(17)11-18-8-9-19-15-7-5-6-13(10-15)16-12(2)3/h5-7,10,12,16H,4,8-9,11H2,1-3H3. The minimum atomic E-state index is 0.114. The molecule has 0 fully saturated rings. The molecule has 0 spiro atoms. The van der Waals surface area contributed by atoms with Gasteiger partial charge in [0.15, 0.2) is 5.78 Å². The van der Waals surface area contributed by atoms with Gasteiger partial charge in [0.2, 0.25) is 0 Å². The Morgan fingerprint density at radius 2 is 2.11 bits per heavy atom. The molecule has 0 bridgehead atoms. The first-order valence-electron chi connectivity index (χ1n) is 6.70. The summed E-state index contributed by atoms with van der Waals surface area (Å²) in [6.45, 7) is 7.05. The lowest BCUT2D eigenvalue weighted by Crippen LogP contribution is -2.13. The largest absolute Gasteiger partial charge is 0.491 e. The van der Waals surface area contributed by atoms with E-state index in [4.69, 9.17) is 9.47 Å². The molecule has 4 heteroatoms. The number of rotatable bonds is 9. The summed E-state index contributed by atoms with van der Waals surface area (Å²) in [6.07, 6.45) is 0.518. The highest BCUT2D eigenvalue weighted by atomic mass is 16.5. The second-order valence-corrected chi connectivity index (χ2v) is 4.62. The molecular formula is C15H23NO3. The summed E-state index contributed by atoms with van der Waals surface area (Å²) < 4.78 is 10.8. The molecule has 0 saturated heterocycles. The topological polar surface area (TPSA) is 47.6 Å². The van der Waals surface area contributed by atoms with E-state index in [1.54, 1.807) is 0 Å². The lowest BCUT2D eigenvalue weighted by Gasteiger charge is -2.12. The van der Waals surface area contributed by atoms with Crippen LogP contribution in [0.25, 0.3) is 0 Å². The van der Waals surface area contributed by atoms with Crippen molar-refractivity contribution in [2.75, 3.05) is 25.1 Å². The maximum Gasteiger partial charge on any atom is 0.158 e. The minimum Gasteiger partial charge on any atom is -0.491 e. The van der Waals surface area contributed by atoms with E-state index < -0.39 is 0 Å². The average Bonchev–Trinajstić information content (AvgIpc) is 2.37. The van der Waals surface area contributed by atoms with Crippen LogP contribution in [-0.4, -0.2) is 31.6 Å². The molecule has 0 aromatic heterocycles. The predicted octanol–water partition coefficient (Wildman–Crippen LogP) is 2.88. The summed E-state index contributed by atoms with van der Waals surface area (Å²) in [6, 6.07) is 8.20. The van der Waals surface area contributed by atoms with Gasteiger partial charge in [-0.05, 0) is 26.0 Å². The van der Waals surface area contributed by atoms with Crippen molar-refractivity contribution in [3.05, 3.63) is 24.3 Å². The molecule has 0 amide bonds. The first-order chi connectivity index (χ1) is 9.11. The smallest absolute Gasteiger partial charge is 0.158 e. The summed E-state index contributed by atoms with van der Waals surface area (Å²) in [7, 11) is 0. The first kappa shape index (κ1) is 15.5. The molecule has 4 nitrogen and oxygen atoms in total. The van der Waals surface area contributed by atoms with Crippen LogP contribution in [0.3, 0.4) is 0 Å². The van der Waals surface area contributed by atoms with Gasteiger partial charge in [0, 0.05) is 24.2 Å². The molecule has 0 saturated carbocycles. The van der Waals surface area contributed by atoms with Crippen LogP contribution in [0.5, 0.6) is 5.75 Å². The van der Waals surface area contributed by atoms with Crippen molar-refractivity contribution in [2.45, 2.75) is 33.2 Å². The highest BCUT2D eigenvalue weighted by Gasteiger charge is 2.00. The molecule has 0 aliphatic rings. The molecule has 0 atom stereocenters. The number of carbonyl (C=O) groups is 1. The second kappa shape index (κ2) is 8.53. The minimum absolute atomic E-state index is 0.114. The fraction of sp³-hybridized carbons (Fsp3) is 0.533. The third kappa shape index (κ3) is 6.82. The molecule has 0 aliphatic carbocycles. The number of ether oxygens (including phenoxy) is 2. The zero-order valence-electron chi connectivity index (χ0n) is 11.9. The summed E-state index contributed by atoms with van der Waals surface area (Å²) >= 11 is 0. The Morgan fingerprint density at radius 1 is 1.32 bits per heavy atom. The fourth-order valence-corrected chi connectivity index (χ4v) is 1.52. The Hall–Kier alpha value is -1.55. The number of nitrogens with one attached hydrogen (secondary N) is 1. The van der Waals surface area contributed by atoms with E-state index in [0.29, 0.717) is 25.7 Å². The molecule has 1 aromatic rings. The van der Waals surface area contributed by atoms with E-state index >= 15 is 0 Å². The summed E-state index contributed by atoms with van der Waals surface area (Å²) in [5, 5.41) is 3.31. The van der Waals surface area contributed by atoms with Gasteiger partial charge in [-0.25, -0.2) is 0 Å². The van der Waals surface area contributed by atoms with Gasteiger partial charge in [0.05, 0.1) is 6.61 Å². The van der Waals surface area contributed by atoms with Gasteiger partial charge in [-0.1, -0.05) is 13.0 Å². The molecule has 0 heterocycles. The number of hydrogen-bond acceptors (Lipinski definition) is 4. The monoisotopic (exact) mass is 265 g/mol. The number of benzene rings is 1. The van der Waals surface area contributed by atoms with Gasteiger partial charge >= 0.3 is 0 Å². The highest BCUT2D eigenvalue weighted by molar-refractivity contribution is 5.79. The molecule has 0 aliphatic heterocycles. The van der Waals surface area contributed by atoms with Crippen LogP contribution in [0.2, 0.25) is 0 Å². The van der Waals surface area contributed by atoms with Gasteiger partial charge in [0.25, 0.3) is 0 Å². The van der Waals surface area contributed by atoms with E-state index in [2.05, 4.69) is 19.2 Å². The van der Waals surface area contributed by atoms with Gasteiger partial charge in [-0.3, -0.25) is 4.79 Å². The molecule has 19 heavy (non-hydrogen) atoms. The van der Waals surface area contributed by atoms with Crippen molar-refractivity contribution < 1.29 is 14.3 Å². The number of hydrogen-bond donors (Lipinski definition) is 1. The van der Waals surface area contributed by atoms with Crippen LogP contribution in [-0.2, 0) is 9.53 Å². The number of anilines is 1. The predicted molar refractivity (Wildman–Crippen MR) is 76.8 cm³/mol. The van der Waals surface area contributed by atoms with Crippen LogP contribution in [0.4, 0.5) is 5.69 Å². The molecule has 0 unspecified atom stereocenters. The van der Waals surface area contributed by atoms with Crippen molar-refractivity contribution in [1.29, 1.82) is 0 Å². The molecule has 1 N–H and O–H groups in total. The molecule has 1 aromatic carbocycles.